The van der Waals surface area contributed by atoms with E-state index in [0.29, 0.717) is 0 Å². The van der Waals surface area contributed by atoms with Gasteiger partial charge in [-0.3, -0.25) is 4.90 Å². The fraction of sp³-hybridized carbons (Fsp3) is 0.625. The van der Waals surface area contributed by atoms with Gasteiger partial charge in [0, 0.05) is 25.7 Å². The highest BCUT2D eigenvalue weighted by molar-refractivity contribution is 5.28. The summed E-state index contributed by atoms with van der Waals surface area (Å²) in [4.78, 5) is 2.40. The molecule has 2 rings (SSSR count). The number of morpholine rings is 1. The molecule has 0 amide bonds. The van der Waals surface area contributed by atoms with Crippen molar-refractivity contribution < 1.29 is 9.47 Å². The van der Waals surface area contributed by atoms with Gasteiger partial charge in [-0.1, -0.05) is 19.1 Å². The van der Waals surface area contributed by atoms with Crippen LogP contribution in [0.15, 0.2) is 24.3 Å². The van der Waals surface area contributed by atoms with Crippen molar-refractivity contribution in [1.29, 1.82) is 0 Å². The number of rotatable bonds is 6. The largest absolute Gasteiger partial charge is 0.494 e. The van der Waals surface area contributed by atoms with Crippen LogP contribution in [0.3, 0.4) is 0 Å². The highest BCUT2D eigenvalue weighted by Crippen LogP contribution is 2.17. The lowest BCUT2D eigenvalue weighted by molar-refractivity contribution is -0.0403. The van der Waals surface area contributed by atoms with Crippen molar-refractivity contribution in [1.82, 2.24) is 4.90 Å². The fourth-order valence-corrected chi connectivity index (χ4v) is 2.41. The molecule has 4 nitrogen and oxygen atoms in total. The van der Waals surface area contributed by atoms with Crippen LogP contribution in [0, 0.1) is 0 Å². The Balaban J connectivity index is 1.92. The third kappa shape index (κ3) is 4.47. The molecule has 1 aliphatic rings. The van der Waals surface area contributed by atoms with E-state index in [1.54, 1.807) is 0 Å². The van der Waals surface area contributed by atoms with Gasteiger partial charge in [-0.25, -0.2) is 0 Å². The number of hydrogen-bond acceptors (Lipinski definition) is 4. The molecular weight excluding hydrogens is 252 g/mol. The van der Waals surface area contributed by atoms with Gasteiger partial charge in [0.05, 0.1) is 19.3 Å². The normalized spacial score (nSPS) is 21.6. The van der Waals surface area contributed by atoms with E-state index in [-0.39, 0.29) is 12.1 Å². The Bertz CT molecular complexity index is 409. The van der Waals surface area contributed by atoms with Gasteiger partial charge in [0.2, 0.25) is 0 Å². The van der Waals surface area contributed by atoms with E-state index >= 15 is 0 Å². The SMILES string of the molecule is CCCOc1cccc(CN2CCOC(C(C)N)C2)c1. The molecule has 1 heterocycles. The summed E-state index contributed by atoms with van der Waals surface area (Å²) in [5, 5.41) is 0. The van der Waals surface area contributed by atoms with Gasteiger partial charge in [0.1, 0.15) is 5.75 Å². The van der Waals surface area contributed by atoms with E-state index < -0.39 is 0 Å². The molecule has 0 saturated carbocycles. The van der Waals surface area contributed by atoms with Gasteiger partial charge >= 0.3 is 0 Å². The number of nitrogens with zero attached hydrogens (tertiary/aromatic N) is 1. The molecule has 1 saturated heterocycles. The van der Waals surface area contributed by atoms with E-state index in [9.17, 15) is 0 Å². The zero-order valence-electron chi connectivity index (χ0n) is 12.5. The summed E-state index contributed by atoms with van der Waals surface area (Å²) in [6.45, 7) is 8.45. The monoisotopic (exact) mass is 278 g/mol. The Morgan fingerprint density at radius 2 is 2.35 bits per heavy atom. The average molecular weight is 278 g/mol. The van der Waals surface area contributed by atoms with Crippen LogP contribution in [-0.4, -0.2) is 43.3 Å². The Kier molecular flexibility index (Phi) is 5.83. The molecule has 2 atom stereocenters. The molecule has 1 fully saturated rings. The summed E-state index contributed by atoms with van der Waals surface area (Å²) in [6.07, 6.45) is 1.17. The first kappa shape index (κ1) is 15.3. The first-order valence-corrected chi connectivity index (χ1v) is 7.50. The second-order valence-electron chi connectivity index (χ2n) is 5.50. The second-order valence-corrected chi connectivity index (χ2v) is 5.50. The topological polar surface area (TPSA) is 47.7 Å². The molecule has 20 heavy (non-hydrogen) atoms. The minimum Gasteiger partial charge on any atom is -0.494 e. The highest BCUT2D eigenvalue weighted by Gasteiger charge is 2.23. The third-order valence-electron chi connectivity index (χ3n) is 3.54. The van der Waals surface area contributed by atoms with Gasteiger partial charge in [-0.15, -0.1) is 0 Å². The standard InChI is InChI=1S/C16H26N2O2/c1-3-8-19-15-6-4-5-14(10-15)11-18-7-9-20-16(12-18)13(2)17/h4-6,10,13,16H,3,7-9,11-12,17H2,1-2H3. The van der Waals surface area contributed by atoms with Crippen LogP contribution in [0.5, 0.6) is 5.75 Å². The van der Waals surface area contributed by atoms with Crippen molar-refractivity contribution in [2.24, 2.45) is 5.73 Å². The summed E-state index contributed by atoms with van der Waals surface area (Å²) >= 11 is 0. The van der Waals surface area contributed by atoms with Crippen LogP contribution >= 0.6 is 0 Å². The van der Waals surface area contributed by atoms with Gasteiger partial charge in [-0.05, 0) is 31.0 Å². The van der Waals surface area contributed by atoms with Crippen LogP contribution < -0.4 is 10.5 Å². The van der Waals surface area contributed by atoms with Crippen molar-refractivity contribution in [2.45, 2.75) is 39.0 Å². The van der Waals surface area contributed by atoms with Crippen LogP contribution in [-0.2, 0) is 11.3 Å². The predicted molar refractivity (Wildman–Crippen MR) is 80.9 cm³/mol. The maximum Gasteiger partial charge on any atom is 0.119 e. The summed E-state index contributed by atoms with van der Waals surface area (Å²) < 4.78 is 11.4. The molecule has 0 aromatic heterocycles. The second kappa shape index (κ2) is 7.62. The lowest BCUT2D eigenvalue weighted by Gasteiger charge is -2.34. The van der Waals surface area contributed by atoms with E-state index in [0.717, 1.165) is 45.0 Å². The number of hydrogen-bond donors (Lipinski definition) is 1. The molecule has 2 unspecified atom stereocenters. The molecule has 1 aliphatic heterocycles. The summed E-state index contributed by atoms with van der Waals surface area (Å²) in [6, 6.07) is 8.44. The van der Waals surface area contributed by atoms with Crippen LogP contribution in [0.25, 0.3) is 0 Å². The van der Waals surface area contributed by atoms with Gasteiger partial charge in [0.15, 0.2) is 0 Å². The van der Waals surface area contributed by atoms with E-state index in [2.05, 4.69) is 30.0 Å². The van der Waals surface area contributed by atoms with E-state index in [1.165, 1.54) is 5.56 Å². The Morgan fingerprint density at radius 3 is 3.10 bits per heavy atom. The predicted octanol–water partition coefficient (Wildman–Crippen LogP) is 2.02. The first-order valence-electron chi connectivity index (χ1n) is 7.50. The highest BCUT2D eigenvalue weighted by atomic mass is 16.5. The molecule has 0 spiro atoms. The Morgan fingerprint density at radius 1 is 1.50 bits per heavy atom. The summed E-state index contributed by atoms with van der Waals surface area (Å²) in [5.74, 6) is 0.960. The van der Waals surface area contributed by atoms with E-state index in [1.807, 2.05) is 13.0 Å². The lowest BCUT2D eigenvalue weighted by Crippen LogP contribution is -2.49. The van der Waals surface area contributed by atoms with Gasteiger partial charge < -0.3 is 15.2 Å². The molecule has 0 radical (unpaired) electrons. The zero-order valence-corrected chi connectivity index (χ0v) is 12.5. The molecule has 112 valence electrons. The van der Waals surface area contributed by atoms with Crippen LogP contribution in [0.1, 0.15) is 25.8 Å². The first-order chi connectivity index (χ1) is 9.69. The molecule has 2 N–H and O–H groups in total. The fourth-order valence-electron chi connectivity index (χ4n) is 2.41. The molecule has 0 aliphatic carbocycles. The smallest absolute Gasteiger partial charge is 0.119 e. The Labute approximate surface area is 121 Å². The number of nitrogens with two attached hydrogens (primary N) is 1. The quantitative estimate of drug-likeness (QED) is 0.865. The molecule has 4 heteroatoms. The molecular formula is C16H26N2O2. The minimum absolute atomic E-state index is 0.0806. The summed E-state index contributed by atoms with van der Waals surface area (Å²) in [7, 11) is 0. The van der Waals surface area contributed by atoms with Crippen molar-refractivity contribution >= 4 is 0 Å². The van der Waals surface area contributed by atoms with Crippen molar-refractivity contribution in [3.63, 3.8) is 0 Å². The number of ether oxygens (including phenoxy) is 2. The zero-order chi connectivity index (χ0) is 14.4. The van der Waals surface area contributed by atoms with Crippen LogP contribution in [0.4, 0.5) is 0 Å². The maximum atomic E-state index is 5.93. The molecule has 1 aromatic carbocycles. The average Bonchev–Trinajstić information content (AvgIpc) is 2.46. The van der Waals surface area contributed by atoms with Crippen molar-refractivity contribution in [3.05, 3.63) is 29.8 Å². The summed E-state index contributed by atoms with van der Waals surface area (Å²) in [5.41, 5.74) is 7.21. The maximum absolute atomic E-state index is 5.93. The van der Waals surface area contributed by atoms with Gasteiger partial charge in [-0.2, -0.15) is 0 Å². The van der Waals surface area contributed by atoms with Gasteiger partial charge in [0.25, 0.3) is 0 Å². The van der Waals surface area contributed by atoms with Crippen LogP contribution in [0.2, 0.25) is 0 Å². The van der Waals surface area contributed by atoms with E-state index in [4.69, 9.17) is 15.2 Å². The lowest BCUT2D eigenvalue weighted by atomic mass is 10.1. The van der Waals surface area contributed by atoms with Crippen molar-refractivity contribution in [2.75, 3.05) is 26.3 Å². The third-order valence-corrected chi connectivity index (χ3v) is 3.54. The molecule has 0 bridgehead atoms. The number of benzene rings is 1. The van der Waals surface area contributed by atoms with Crippen molar-refractivity contribution in [3.8, 4) is 5.75 Å². The Hall–Kier alpha value is -1.10. The molecule has 1 aromatic rings. The minimum atomic E-state index is 0.0806.